The summed E-state index contributed by atoms with van der Waals surface area (Å²) in [6.07, 6.45) is 3.05. The summed E-state index contributed by atoms with van der Waals surface area (Å²) in [5.74, 6) is -0.662. The van der Waals surface area contributed by atoms with Gasteiger partial charge in [0.05, 0.1) is 20.7 Å². The zero-order chi connectivity index (χ0) is 14.9. The number of sulfone groups is 1. The molecule has 0 saturated heterocycles. The fraction of sp³-hybridized carbons (Fsp3) is 0.500. The molecule has 1 N–H and O–H groups in total. The van der Waals surface area contributed by atoms with Crippen molar-refractivity contribution < 1.29 is 18.3 Å². The van der Waals surface area contributed by atoms with Crippen LogP contribution in [0.3, 0.4) is 0 Å². The molecule has 2 rings (SSSR count). The Morgan fingerprint density at radius 3 is 2.40 bits per heavy atom. The average molecular weight is 317 g/mol. The lowest BCUT2D eigenvalue weighted by molar-refractivity contribution is 0.0697. The number of carbonyl (C=O) groups is 1. The highest BCUT2D eigenvalue weighted by atomic mass is 35.5. The van der Waals surface area contributed by atoms with Crippen LogP contribution in [0, 0.1) is 5.92 Å². The molecule has 0 atom stereocenters. The Morgan fingerprint density at radius 2 is 1.85 bits per heavy atom. The first-order valence-electron chi connectivity index (χ1n) is 6.59. The van der Waals surface area contributed by atoms with Crippen molar-refractivity contribution in [2.45, 2.75) is 42.8 Å². The van der Waals surface area contributed by atoms with Crippen LogP contribution in [0.25, 0.3) is 0 Å². The number of aromatic carboxylic acids is 1. The SMILES string of the molecule is CC1CCC(S(=O)(=O)c2ccc(Cl)c(C(=O)O)c2)CC1. The van der Waals surface area contributed by atoms with Crippen LogP contribution in [0.15, 0.2) is 23.1 Å². The number of carboxylic acid groups (broad SMARTS) is 1. The van der Waals surface area contributed by atoms with Crippen LogP contribution in [0.2, 0.25) is 5.02 Å². The summed E-state index contributed by atoms with van der Waals surface area (Å²) in [6, 6.07) is 3.89. The van der Waals surface area contributed by atoms with Crippen molar-refractivity contribution in [3.8, 4) is 0 Å². The second-order valence-corrected chi connectivity index (χ2v) is 8.01. The van der Waals surface area contributed by atoms with Crippen LogP contribution in [0.4, 0.5) is 0 Å². The lowest BCUT2D eigenvalue weighted by atomic mass is 9.91. The summed E-state index contributed by atoms with van der Waals surface area (Å²) in [7, 11) is -3.48. The molecule has 1 fully saturated rings. The summed E-state index contributed by atoms with van der Waals surface area (Å²) in [5, 5.41) is 8.66. The van der Waals surface area contributed by atoms with Crippen molar-refractivity contribution >= 4 is 27.4 Å². The molecular formula is C14H17ClO4S. The number of benzene rings is 1. The Morgan fingerprint density at radius 1 is 1.25 bits per heavy atom. The van der Waals surface area contributed by atoms with Gasteiger partial charge in [0.25, 0.3) is 0 Å². The van der Waals surface area contributed by atoms with E-state index < -0.39 is 21.1 Å². The van der Waals surface area contributed by atoms with E-state index in [1.165, 1.54) is 12.1 Å². The summed E-state index contributed by atoms with van der Waals surface area (Å²) in [4.78, 5) is 11.1. The van der Waals surface area contributed by atoms with E-state index in [9.17, 15) is 13.2 Å². The first-order valence-corrected chi connectivity index (χ1v) is 8.51. The van der Waals surface area contributed by atoms with E-state index in [-0.39, 0.29) is 15.5 Å². The van der Waals surface area contributed by atoms with Gasteiger partial charge >= 0.3 is 5.97 Å². The molecule has 1 aromatic carbocycles. The monoisotopic (exact) mass is 316 g/mol. The highest BCUT2D eigenvalue weighted by molar-refractivity contribution is 7.92. The Balaban J connectivity index is 2.35. The third-order valence-corrected chi connectivity index (χ3v) is 6.49. The van der Waals surface area contributed by atoms with Gasteiger partial charge in [-0.15, -0.1) is 0 Å². The molecule has 0 amide bonds. The molecule has 0 spiro atoms. The topological polar surface area (TPSA) is 71.4 Å². The van der Waals surface area contributed by atoms with E-state index >= 15 is 0 Å². The summed E-state index contributed by atoms with van der Waals surface area (Å²) < 4.78 is 25.1. The van der Waals surface area contributed by atoms with E-state index in [2.05, 4.69) is 6.92 Å². The van der Waals surface area contributed by atoms with Gasteiger partial charge in [-0.25, -0.2) is 13.2 Å². The van der Waals surface area contributed by atoms with Gasteiger partial charge in [0.1, 0.15) is 0 Å². The average Bonchev–Trinajstić information content (AvgIpc) is 2.39. The maximum atomic E-state index is 12.5. The molecule has 6 heteroatoms. The molecule has 0 aliphatic heterocycles. The molecule has 1 aliphatic carbocycles. The number of hydrogen-bond donors (Lipinski definition) is 1. The number of hydrogen-bond acceptors (Lipinski definition) is 3. The Kier molecular flexibility index (Phi) is 4.39. The second kappa shape index (κ2) is 5.74. The summed E-state index contributed by atoms with van der Waals surface area (Å²) >= 11 is 5.77. The molecule has 1 aromatic rings. The van der Waals surface area contributed by atoms with Gasteiger partial charge in [0.2, 0.25) is 0 Å². The number of carboxylic acids is 1. The maximum absolute atomic E-state index is 12.5. The van der Waals surface area contributed by atoms with Crippen LogP contribution in [-0.2, 0) is 9.84 Å². The Hall–Kier alpha value is -1.07. The third kappa shape index (κ3) is 2.99. The molecule has 1 saturated carbocycles. The van der Waals surface area contributed by atoms with E-state index in [0.29, 0.717) is 18.8 Å². The van der Waals surface area contributed by atoms with Crippen molar-refractivity contribution in [2.75, 3.05) is 0 Å². The van der Waals surface area contributed by atoms with Crippen molar-refractivity contribution in [1.82, 2.24) is 0 Å². The van der Waals surface area contributed by atoms with Crippen molar-refractivity contribution in [2.24, 2.45) is 5.92 Å². The van der Waals surface area contributed by atoms with Gasteiger partial charge in [0, 0.05) is 0 Å². The molecule has 110 valence electrons. The minimum atomic E-state index is -3.48. The third-order valence-electron chi connectivity index (χ3n) is 3.90. The molecule has 1 aliphatic rings. The Bertz CT molecular complexity index is 616. The van der Waals surface area contributed by atoms with Crippen LogP contribution >= 0.6 is 11.6 Å². The normalized spacial score (nSPS) is 23.5. The predicted octanol–water partition coefficient (Wildman–Crippen LogP) is 3.39. The smallest absolute Gasteiger partial charge is 0.337 e. The van der Waals surface area contributed by atoms with Crippen LogP contribution in [-0.4, -0.2) is 24.7 Å². The van der Waals surface area contributed by atoms with Gasteiger partial charge in [0.15, 0.2) is 9.84 Å². The molecule has 0 bridgehead atoms. The Labute approximate surface area is 123 Å². The van der Waals surface area contributed by atoms with Crippen LogP contribution in [0.1, 0.15) is 43.0 Å². The lowest BCUT2D eigenvalue weighted by Gasteiger charge is -2.26. The molecule has 0 heterocycles. The van der Waals surface area contributed by atoms with E-state index in [4.69, 9.17) is 16.7 Å². The predicted molar refractivity (Wildman–Crippen MR) is 77.0 cm³/mol. The minimum Gasteiger partial charge on any atom is -0.478 e. The first kappa shape index (κ1) is 15.3. The zero-order valence-electron chi connectivity index (χ0n) is 11.2. The van der Waals surface area contributed by atoms with Gasteiger partial charge in [-0.3, -0.25) is 0 Å². The molecule has 4 nitrogen and oxygen atoms in total. The standard InChI is InChI=1S/C14H17ClO4S/c1-9-2-4-10(5-3-9)20(18,19)11-6-7-13(15)12(8-11)14(16)17/h6-10H,2-5H2,1H3,(H,16,17). The fourth-order valence-electron chi connectivity index (χ4n) is 2.58. The molecule has 0 aromatic heterocycles. The van der Waals surface area contributed by atoms with E-state index in [1.807, 2.05) is 0 Å². The highest BCUT2D eigenvalue weighted by Crippen LogP contribution is 2.32. The van der Waals surface area contributed by atoms with Crippen molar-refractivity contribution in [1.29, 1.82) is 0 Å². The van der Waals surface area contributed by atoms with Gasteiger partial charge in [-0.1, -0.05) is 18.5 Å². The van der Waals surface area contributed by atoms with Gasteiger partial charge in [-0.05, 0) is 49.8 Å². The molecule has 20 heavy (non-hydrogen) atoms. The minimum absolute atomic E-state index is 0.0497. The van der Waals surface area contributed by atoms with Crippen molar-refractivity contribution in [3.63, 3.8) is 0 Å². The number of rotatable bonds is 3. The molecular weight excluding hydrogens is 300 g/mol. The van der Waals surface area contributed by atoms with Crippen molar-refractivity contribution in [3.05, 3.63) is 28.8 Å². The lowest BCUT2D eigenvalue weighted by Crippen LogP contribution is -2.26. The second-order valence-electron chi connectivity index (χ2n) is 5.37. The van der Waals surface area contributed by atoms with E-state index in [0.717, 1.165) is 18.9 Å². The fourth-order valence-corrected chi connectivity index (χ4v) is 4.59. The maximum Gasteiger partial charge on any atom is 0.337 e. The quantitative estimate of drug-likeness (QED) is 0.927. The summed E-state index contributed by atoms with van der Waals surface area (Å²) in [6.45, 7) is 2.12. The first-order chi connectivity index (χ1) is 9.32. The highest BCUT2D eigenvalue weighted by Gasteiger charge is 2.31. The molecule has 0 radical (unpaired) electrons. The van der Waals surface area contributed by atoms with E-state index in [1.54, 1.807) is 0 Å². The van der Waals surface area contributed by atoms with Crippen LogP contribution in [0.5, 0.6) is 0 Å². The van der Waals surface area contributed by atoms with Crippen LogP contribution < -0.4 is 0 Å². The van der Waals surface area contributed by atoms with Gasteiger partial charge < -0.3 is 5.11 Å². The summed E-state index contributed by atoms with van der Waals surface area (Å²) in [5.41, 5.74) is -0.170. The number of halogens is 1. The zero-order valence-corrected chi connectivity index (χ0v) is 12.7. The van der Waals surface area contributed by atoms with Gasteiger partial charge in [-0.2, -0.15) is 0 Å². The largest absolute Gasteiger partial charge is 0.478 e. The molecule has 0 unspecified atom stereocenters.